The van der Waals surface area contributed by atoms with Crippen molar-refractivity contribution in [3.8, 4) is 0 Å². The number of piperidine rings is 1. The molecule has 1 atom stereocenters. The minimum Gasteiger partial charge on any atom is -0.476 e. The molecule has 1 aromatic rings. The molecule has 1 aromatic heterocycles. The standard InChI is InChI=1S/C14H18ClN3O3/c1-9(13(19)18-7-3-2-4-8-18)16-11-6-5-10(15)12(17-11)14(20)21/h5-6,9H,2-4,7-8H2,1H3,(H,16,17)(H,20,21). The molecule has 1 aliphatic heterocycles. The third-order valence-corrected chi connectivity index (χ3v) is 3.76. The predicted molar refractivity (Wildman–Crippen MR) is 79.7 cm³/mol. The molecule has 2 N–H and O–H groups in total. The minimum atomic E-state index is -1.20. The molecule has 0 bridgehead atoms. The van der Waals surface area contributed by atoms with Crippen molar-refractivity contribution in [2.24, 2.45) is 0 Å². The molecule has 0 radical (unpaired) electrons. The van der Waals surface area contributed by atoms with Crippen LogP contribution in [0.15, 0.2) is 12.1 Å². The van der Waals surface area contributed by atoms with Crippen molar-refractivity contribution in [3.63, 3.8) is 0 Å². The number of aromatic nitrogens is 1. The van der Waals surface area contributed by atoms with Crippen molar-refractivity contribution in [3.05, 3.63) is 22.8 Å². The van der Waals surface area contributed by atoms with Crippen LogP contribution in [-0.2, 0) is 4.79 Å². The number of pyridine rings is 1. The Bertz CT molecular complexity index is 544. The smallest absolute Gasteiger partial charge is 0.356 e. The van der Waals surface area contributed by atoms with Gasteiger partial charge in [0.15, 0.2) is 5.69 Å². The molecule has 6 nitrogen and oxygen atoms in total. The molecule has 2 rings (SSSR count). The van der Waals surface area contributed by atoms with Crippen molar-refractivity contribution in [2.45, 2.75) is 32.2 Å². The summed E-state index contributed by atoms with van der Waals surface area (Å²) in [5.41, 5.74) is -0.223. The van der Waals surface area contributed by atoms with E-state index in [2.05, 4.69) is 10.3 Å². The third-order valence-electron chi connectivity index (χ3n) is 3.45. The van der Waals surface area contributed by atoms with E-state index in [0.717, 1.165) is 32.4 Å². The van der Waals surface area contributed by atoms with Crippen molar-refractivity contribution < 1.29 is 14.7 Å². The van der Waals surface area contributed by atoms with Crippen molar-refractivity contribution in [2.75, 3.05) is 18.4 Å². The molecule has 0 aliphatic carbocycles. The van der Waals surface area contributed by atoms with Crippen LogP contribution >= 0.6 is 11.6 Å². The number of amides is 1. The molecule has 114 valence electrons. The van der Waals surface area contributed by atoms with E-state index < -0.39 is 12.0 Å². The van der Waals surface area contributed by atoms with E-state index in [4.69, 9.17) is 16.7 Å². The Morgan fingerprint density at radius 1 is 1.33 bits per heavy atom. The quantitative estimate of drug-likeness (QED) is 0.891. The maximum absolute atomic E-state index is 12.3. The number of carboxylic acids is 1. The zero-order valence-electron chi connectivity index (χ0n) is 11.8. The summed E-state index contributed by atoms with van der Waals surface area (Å²) in [5.74, 6) is -0.864. The van der Waals surface area contributed by atoms with Gasteiger partial charge in [-0.05, 0) is 38.3 Å². The van der Waals surface area contributed by atoms with Gasteiger partial charge < -0.3 is 15.3 Å². The van der Waals surface area contributed by atoms with Gasteiger partial charge in [0.25, 0.3) is 0 Å². The number of rotatable bonds is 4. The molecule has 7 heteroatoms. The van der Waals surface area contributed by atoms with Gasteiger partial charge in [-0.1, -0.05) is 11.6 Å². The Hall–Kier alpha value is -1.82. The van der Waals surface area contributed by atoms with E-state index in [0.29, 0.717) is 5.82 Å². The number of carboxylic acid groups (broad SMARTS) is 1. The van der Waals surface area contributed by atoms with Crippen molar-refractivity contribution in [1.82, 2.24) is 9.88 Å². The highest BCUT2D eigenvalue weighted by atomic mass is 35.5. The Labute approximate surface area is 128 Å². The highest BCUT2D eigenvalue weighted by molar-refractivity contribution is 6.33. The third kappa shape index (κ3) is 3.85. The summed E-state index contributed by atoms with van der Waals surface area (Å²) in [6.45, 7) is 3.30. The summed E-state index contributed by atoms with van der Waals surface area (Å²) in [5, 5.41) is 12.0. The zero-order chi connectivity index (χ0) is 15.4. The lowest BCUT2D eigenvalue weighted by molar-refractivity contribution is -0.132. The normalized spacial score (nSPS) is 16.4. The first kappa shape index (κ1) is 15.6. The predicted octanol–water partition coefficient (Wildman–Crippen LogP) is 2.25. The zero-order valence-corrected chi connectivity index (χ0v) is 12.6. The topological polar surface area (TPSA) is 82.5 Å². The molecule has 1 amide bonds. The van der Waals surface area contributed by atoms with Crippen LogP contribution in [0, 0.1) is 0 Å². The van der Waals surface area contributed by atoms with Crippen LogP contribution in [0.5, 0.6) is 0 Å². The lowest BCUT2D eigenvalue weighted by Crippen LogP contribution is -2.44. The SMILES string of the molecule is CC(Nc1ccc(Cl)c(C(=O)O)n1)C(=O)N1CCCCC1. The molecule has 0 saturated carbocycles. The number of nitrogens with one attached hydrogen (secondary N) is 1. The fraction of sp³-hybridized carbons (Fsp3) is 0.500. The largest absolute Gasteiger partial charge is 0.476 e. The van der Waals surface area contributed by atoms with Crippen LogP contribution in [0.2, 0.25) is 5.02 Å². The number of hydrogen-bond donors (Lipinski definition) is 2. The van der Waals surface area contributed by atoms with Crippen LogP contribution in [0.3, 0.4) is 0 Å². The van der Waals surface area contributed by atoms with Crippen molar-refractivity contribution in [1.29, 1.82) is 0 Å². The maximum atomic E-state index is 12.3. The molecule has 1 unspecified atom stereocenters. The Morgan fingerprint density at radius 2 is 2.00 bits per heavy atom. The number of likely N-dealkylation sites (tertiary alicyclic amines) is 1. The lowest BCUT2D eigenvalue weighted by Gasteiger charge is -2.29. The molecule has 1 saturated heterocycles. The van der Waals surface area contributed by atoms with Gasteiger partial charge in [0.2, 0.25) is 5.91 Å². The van der Waals surface area contributed by atoms with Gasteiger partial charge in [-0.25, -0.2) is 9.78 Å². The molecule has 1 fully saturated rings. The second kappa shape index (κ2) is 6.76. The average molecular weight is 312 g/mol. The molecule has 0 aromatic carbocycles. The first-order valence-corrected chi connectivity index (χ1v) is 7.32. The summed E-state index contributed by atoms with van der Waals surface area (Å²) in [6, 6.07) is 2.56. The lowest BCUT2D eigenvalue weighted by atomic mass is 10.1. The second-order valence-electron chi connectivity index (χ2n) is 5.08. The van der Waals surface area contributed by atoms with Crippen LogP contribution in [0.1, 0.15) is 36.7 Å². The molecule has 0 spiro atoms. The fourth-order valence-corrected chi connectivity index (χ4v) is 2.53. The monoisotopic (exact) mass is 311 g/mol. The van der Waals surface area contributed by atoms with E-state index in [1.54, 1.807) is 13.0 Å². The first-order valence-electron chi connectivity index (χ1n) is 6.94. The number of hydrogen-bond acceptors (Lipinski definition) is 4. The number of carbonyl (C=O) groups is 2. The van der Waals surface area contributed by atoms with Crippen LogP contribution in [0.4, 0.5) is 5.82 Å². The molecule has 1 aliphatic rings. The highest BCUT2D eigenvalue weighted by Gasteiger charge is 2.22. The van der Waals surface area contributed by atoms with E-state index in [1.165, 1.54) is 6.07 Å². The minimum absolute atomic E-state index is 0.00308. The van der Waals surface area contributed by atoms with E-state index in [9.17, 15) is 9.59 Å². The van der Waals surface area contributed by atoms with Crippen LogP contribution < -0.4 is 5.32 Å². The van der Waals surface area contributed by atoms with Gasteiger partial charge in [-0.3, -0.25) is 4.79 Å². The fourth-order valence-electron chi connectivity index (χ4n) is 2.34. The van der Waals surface area contributed by atoms with E-state index in [1.807, 2.05) is 4.90 Å². The second-order valence-corrected chi connectivity index (χ2v) is 5.49. The number of anilines is 1. The molecular weight excluding hydrogens is 294 g/mol. The van der Waals surface area contributed by atoms with Crippen LogP contribution in [0.25, 0.3) is 0 Å². The number of aromatic carboxylic acids is 1. The summed E-state index contributed by atoms with van der Waals surface area (Å²) in [6.07, 6.45) is 3.22. The Kier molecular flexibility index (Phi) is 5.01. The Balaban J connectivity index is 2.05. The molecule has 21 heavy (non-hydrogen) atoms. The van der Waals surface area contributed by atoms with Gasteiger partial charge in [-0.2, -0.15) is 0 Å². The summed E-state index contributed by atoms with van der Waals surface area (Å²) < 4.78 is 0. The summed E-state index contributed by atoms with van der Waals surface area (Å²) in [4.78, 5) is 29.0. The first-order chi connectivity index (χ1) is 9.99. The number of halogens is 1. The van der Waals surface area contributed by atoms with Gasteiger partial charge >= 0.3 is 5.97 Å². The van der Waals surface area contributed by atoms with Gasteiger partial charge in [0.1, 0.15) is 11.9 Å². The van der Waals surface area contributed by atoms with E-state index in [-0.39, 0.29) is 16.6 Å². The van der Waals surface area contributed by atoms with E-state index >= 15 is 0 Å². The van der Waals surface area contributed by atoms with Gasteiger partial charge in [-0.15, -0.1) is 0 Å². The molecule has 2 heterocycles. The van der Waals surface area contributed by atoms with Gasteiger partial charge in [0, 0.05) is 13.1 Å². The van der Waals surface area contributed by atoms with Crippen molar-refractivity contribution >= 4 is 29.3 Å². The maximum Gasteiger partial charge on any atom is 0.356 e. The number of nitrogens with zero attached hydrogens (tertiary/aromatic N) is 2. The molecular formula is C14H18ClN3O3. The highest BCUT2D eigenvalue weighted by Crippen LogP contribution is 2.18. The van der Waals surface area contributed by atoms with Gasteiger partial charge in [0.05, 0.1) is 5.02 Å². The average Bonchev–Trinajstić information content (AvgIpc) is 2.49. The summed E-state index contributed by atoms with van der Waals surface area (Å²) >= 11 is 5.77. The summed E-state index contributed by atoms with van der Waals surface area (Å²) in [7, 11) is 0. The Morgan fingerprint density at radius 3 is 2.62 bits per heavy atom. The number of carbonyl (C=O) groups excluding carboxylic acids is 1. The van der Waals surface area contributed by atoms with Crippen LogP contribution in [-0.4, -0.2) is 46.0 Å².